The van der Waals surface area contributed by atoms with Crippen LogP contribution in [0.4, 0.5) is 0 Å². The number of piperidine rings is 1. The molecule has 212 valence electrons. The summed E-state index contributed by atoms with van der Waals surface area (Å²) in [6, 6.07) is 6.28. The molecule has 4 aliphatic rings. The third kappa shape index (κ3) is 3.84. The van der Waals surface area contributed by atoms with Gasteiger partial charge in [-0.05, 0) is 76.0 Å². The number of aromatic nitrogens is 3. The number of carbonyl (C=O) groups is 1. The third-order valence-corrected chi connectivity index (χ3v) is 9.96. The van der Waals surface area contributed by atoms with Crippen molar-refractivity contribution < 1.29 is 14.3 Å². The van der Waals surface area contributed by atoms with Gasteiger partial charge in [0.15, 0.2) is 5.82 Å². The molecule has 2 aromatic heterocycles. The Morgan fingerprint density at radius 2 is 2.00 bits per heavy atom. The van der Waals surface area contributed by atoms with Gasteiger partial charge in [0.2, 0.25) is 0 Å². The predicted molar refractivity (Wildman–Crippen MR) is 154 cm³/mol. The quantitative estimate of drug-likeness (QED) is 0.493. The molecule has 1 saturated heterocycles. The number of nitrogens with two attached hydrogens (primary N) is 1. The molecule has 3 fully saturated rings. The lowest BCUT2D eigenvalue weighted by Gasteiger charge is -2.44. The number of ether oxygens (including phenoxy) is 2. The van der Waals surface area contributed by atoms with Gasteiger partial charge in [-0.25, -0.2) is 4.98 Å². The van der Waals surface area contributed by atoms with Gasteiger partial charge in [-0.2, -0.15) is 0 Å². The zero-order chi connectivity index (χ0) is 27.8. The summed E-state index contributed by atoms with van der Waals surface area (Å²) in [5.41, 5.74) is 10.8. The summed E-state index contributed by atoms with van der Waals surface area (Å²) in [6.45, 7) is 7.49. The lowest BCUT2D eigenvalue weighted by Crippen LogP contribution is -2.44. The third-order valence-electron chi connectivity index (χ3n) is 9.96. The lowest BCUT2D eigenvalue weighted by molar-refractivity contribution is -0.0937. The fourth-order valence-electron chi connectivity index (χ4n) is 7.83. The maximum atomic E-state index is 13.8. The van der Waals surface area contributed by atoms with Gasteiger partial charge >= 0.3 is 0 Å². The molecule has 0 radical (unpaired) electrons. The van der Waals surface area contributed by atoms with E-state index in [1.807, 2.05) is 17.0 Å². The number of likely N-dealkylation sites (tertiary alicyclic amines) is 1. The fourth-order valence-corrected chi connectivity index (χ4v) is 7.83. The summed E-state index contributed by atoms with van der Waals surface area (Å²) in [7, 11) is 3.48. The predicted octanol–water partition coefficient (Wildman–Crippen LogP) is 2.71. The number of carbonyl (C=O) groups excluding carboxylic acids is 1. The standard InChI is InChI=1S/C31H40N6O3/c1-5-35-24(12-19-7-6-10-33-28(19)35)29-34-22-11-21(30(38)36-17-20-8-9-23(36)26(20)32)13-25(39-3)27(22)37(29)16-18-14-31(2,15-18)40-4/h7,11-13,18,20,23,26H,5-6,8-10,14-17,32H2,1-4H3/t18?,20-,23?,26?,31?/m1/s1. The zero-order valence-electron chi connectivity index (χ0n) is 24.0. The second kappa shape index (κ2) is 9.45. The molecule has 1 amide bonds. The second-order valence-electron chi connectivity index (χ2n) is 12.4. The Morgan fingerprint density at radius 1 is 1.18 bits per heavy atom. The first-order valence-corrected chi connectivity index (χ1v) is 14.8. The second-order valence-corrected chi connectivity index (χ2v) is 12.4. The Balaban J connectivity index is 1.37. The molecule has 3 atom stereocenters. The molecule has 2 unspecified atom stereocenters. The molecule has 2 saturated carbocycles. The molecule has 9 nitrogen and oxygen atoms in total. The van der Waals surface area contributed by atoms with Crippen molar-refractivity contribution in [3.8, 4) is 17.3 Å². The molecule has 2 bridgehead atoms. The van der Waals surface area contributed by atoms with Crippen molar-refractivity contribution in [1.82, 2.24) is 19.0 Å². The van der Waals surface area contributed by atoms with Crippen molar-refractivity contribution >= 4 is 23.0 Å². The van der Waals surface area contributed by atoms with Gasteiger partial charge in [0.05, 0.1) is 23.9 Å². The Labute approximate surface area is 234 Å². The topological polar surface area (TPSA) is 99.9 Å². The fraction of sp³-hybridized carbons (Fsp3) is 0.581. The van der Waals surface area contributed by atoms with Gasteiger partial charge in [0, 0.05) is 56.2 Å². The van der Waals surface area contributed by atoms with E-state index in [-0.39, 0.29) is 23.6 Å². The minimum absolute atomic E-state index is 0.0228. The maximum absolute atomic E-state index is 13.8. The summed E-state index contributed by atoms with van der Waals surface area (Å²) in [5, 5.41) is 1.17. The van der Waals surface area contributed by atoms with Crippen molar-refractivity contribution in [2.75, 3.05) is 27.3 Å². The minimum atomic E-state index is -0.0720. The molecule has 2 N–H and O–H groups in total. The van der Waals surface area contributed by atoms with Crippen LogP contribution in [-0.4, -0.2) is 69.9 Å². The van der Waals surface area contributed by atoms with E-state index in [0.29, 0.717) is 23.1 Å². The average molecular weight is 545 g/mol. The van der Waals surface area contributed by atoms with Crippen molar-refractivity contribution in [3.05, 3.63) is 34.5 Å². The highest BCUT2D eigenvalue weighted by atomic mass is 16.5. The number of fused-ring (bicyclic) bond motifs is 4. The molecule has 40 heavy (non-hydrogen) atoms. The van der Waals surface area contributed by atoms with Gasteiger partial charge in [-0.3, -0.25) is 9.79 Å². The number of hydrogen-bond donors (Lipinski definition) is 1. The van der Waals surface area contributed by atoms with E-state index in [9.17, 15) is 4.79 Å². The zero-order valence-corrected chi connectivity index (χ0v) is 24.0. The average Bonchev–Trinajstić information content (AvgIpc) is 3.70. The largest absolute Gasteiger partial charge is 0.494 e. The maximum Gasteiger partial charge on any atom is 0.254 e. The van der Waals surface area contributed by atoms with Crippen molar-refractivity contribution in [2.45, 2.75) is 76.7 Å². The summed E-state index contributed by atoms with van der Waals surface area (Å²) in [4.78, 5) is 25.8. The molecule has 7 rings (SSSR count). The van der Waals surface area contributed by atoms with Crippen molar-refractivity contribution in [3.63, 3.8) is 0 Å². The first kappa shape index (κ1) is 25.8. The van der Waals surface area contributed by atoms with E-state index < -0.39 is 0 Å². The molecule has 4 heterocycles. The van der Waals surface area contributed by atoms with Crippen LogP contribution in [0.15, 0.2) is 23.2 Å². The van der Waals surface area contributed by atoms with Gasteiger partial charge < -0.3 is 29.2 Å². The summed E-state index contributed by atoms with van der Waals surface area (Å²) in [6.07, 6.45) is 7.31. The molecule has 0 spiro atoms. The van der Waals surface area contributed by atoms with E-state index in [1.54, 1.807) is 14.2 Å². The molecular formula is C31H40N6O3. The van der Waals surface area contributed by atoms with E-state index in [4.69, 9.17) is 25.2 Å². The van der Waals surface area contributed by atoms with Gasteiger partial charge in [-0.15, -0.1) is 0 Å². The monoisotopic (exact) mass is 544 g/mol. The van der Waals surface area contributed by atoms with Crippen LogP contribution in [0.25, 0.3) is 28.6 Å². The SMILES string of the molecule is CCn1c(-c2nc3cc(C(=O)N4C[C@H]5CCC4C5N)cc(OC)c3n2CC2CC(C)(OC)C2)cc2c1=NCCC=2. The normalized spacial score (nSPS) is 28.8. The van der Waals surface area contributed by atoms with Crippen LogP contribution in [-0.2, 0) is 17.8 Å². The number of benzene rings is 1. The smallest absolute Gasteiger partial charge is 0.254 e. The number of imidazole rings is 1. The summed E-state index contributed by atoms with van der Waals surface area (Å²) in [5.74, 6) is 2.46. The van der Waals surface area contributed by atoms with E-state index in [1.165, 1.54) is 5.22 Å². The van der Waals surface area contributed by atoms with Crippen molar-refractivity contribution in [2.24, 2.45) is 22.6 Å². The number of nitrogens with zero attached hydrogens (tertiary/aromatic N) is 5. The summed E-state index contributed by atoms with van der Waals surface area (Å²) < 4.78 is 16.3. The van der Waals surface area contributed by atoms with Gasteiger partial charge in [-0.1, -0.05) is 6.08 Å². The van der Waals surface area contributed by atoms with Crippen LogP contribution < -0.4 is 21.2 Å². The van der Waals surface area contributed by atoms with Crippen LogP contribution >= 0.6 is 0 Å². The van der Waals surface area contributed by atoms with Crippen LogP contribution in [0.3, 0.4) is 0 Å². The highest BCUT2D eigenvalue weighted by molar-refractivity contribution is 6.00. The van der Waals surface area contributed by atoms with E-state index in [0.717, 1.165) is 86.3 Å². The molecule has 3 aromatic rings. The van der Waals surface area contributed by atoms with E-state index >= 15 is 0 Å². The molecule has 2 aliphatic carbocycles. The number of hydrogen-bond acceptors (Lipinski definition) is 6. The minimum Gasteiger partial charge on any atom is -0.494 e. The van der Waals surface area contributed by atoms with E-state index in [2.05, 4.69) is 35.1 Å². The molecule has 2 aliphatic heterocycles. The lowest BCUT2D eigenvalue weighted by atomic mass is 9.72. The van der Waals surface area contributed by atoms with Crippen molar-refractivity contribution in [1.29, 1.82) is 0 Å². The Hall–Kier alpha value is -3.17. The van der Waals surface area contributed by atoms with Crippen LogP contribution in [0.1, 0.15) is 56.3 Å². The number of methoxy groups -OCH3 is 2. The Morgan fingerprint density at radius 3 is 2.67 bits per heavy atom. The Bertz CT molecular complexity index is 1610. The summed E-state index contributed by atoms with van der Waals surface area (Å²) >= 11 is 0. The molecule has 1 aromatic carbocycles. The molecule has 9 heteroatoms. The van der Waals surface area contributed by atoms with Gasteiger partial charge in [0.25, 0.3) is 5.91 Å². The van der Waals surface area contributed by atoms with Crippen LogP contribution in [0.2, 0.25) is 0 Å². The highest BCUT2D eigenvalue weighted by Gasteiger charge is 2.47. The Kier molecular flexibility index (Phi) is 6.09. The first-order chi connectivity index (χ1) is 19.3. The van der Waals surface area contributed by atoms with Gasteiger partial charge in [0.1, 0.15) is 16.8 Å². The number of amides is 1. The number of rotatable bonds is 7. The van der Waals surface area contributed by atoms with Crippen LogP contribution in [0, 0.1) is 11.8 Å². The first-order valence-electron chi connectivity index (χ1n) is 14.8. The van der Waals surface area contributed by atoms with Crippen LogP contribution in [0.5, 0.6) is 5.75 Å². The highest BCUT2D eigenvalue weighted by Crippen LogP contribution is 2.43. The molecular weight excluding hydrogens is 504 g/mol.